The fraction of sp³-hybridized carbons (Fsp3) is 0.733. The second-order valence-electron chi connectivity index (χ2n) is 6.33. The van der Waals surface area contributed by atoms with Gasteiger partial charge in [-0.25, -0.2) is 0 Å². The standard InChI is InChI=1S/C15H24N4O.2ClH/c1-18-9-13(8-17-18)12-5-6-19(10-12)15(20)7-11-3-2-4-14(11)16;;/h8-9,11-12,14H,2-7,10,16H2,1H3;2*1H/t11-,12?,14+;;/m0../s1. The van der Waals surface area contributed by atoms with Crippen LogP contribution in [0.25, 0.3) is 0 Å². The van der Waals surface area contributed by atoms with E-state index in [1.54, 1.807) is 0 Å². The fourth-order valence-corrected chi connectivity index (χ4v) is 3.58. The van der Waals surface area contributed by atoms with Crippen LogP contribution >= 0.6 is 24.8 Å². The van der Waals surface area contributed by atoms with Crippen molar-refractivity contribution >= 4 is 30.7 Å². The van der Waals surface area contributed by atoms with Gasteiger partial charge in [0.15, 0.2) is 0 Å². The number of halogens is 2. The van der Waals surface area contributed by atoms with Gasteiger partial charge in [-0.1, -0.05) is 6.42 Å². The van der Waals surface area contributed by atoms with Crippen molar-refractivity contribution in [3.05, 3.63) is 18.0 Å². The van der Waals surface area contributed by atoms with Gasteiger partial charge in [0.25, 0.3) is 0 Å². The molecule has 1 amide bonds. The Hall–Kier alpha value is -0.780. The summed E-state index contributed by atoms with van der Waals surface area (Å²) >= 11 is 0. The van der Waals surface area contributed by atoms with Crippen molar-refractivity contribution in [1.82, 2.24) is 14.7 Å². The quantitative estimate of drug-likeness (QED) is 0.909. The first-order valence-electron chi connectivity index (χ1n) is 7.65. The Morgan fingerprint density at radius 2 is 2.14 bits per heavy atom. The molecule has 2 N–H and O–H groups in total. The first-order valence-corrected chi connectivity index (χ1v) is 7.65. The maximum atomic E-state index is 12.4. The highest BCUT2D eigenvalue weighted by Crippen LogP contribution is 2.30. The van der Waals surface area contributed by atoms with Crippen LogP contribution in [0.5, 0.6) is 0 Å². The SMILES string of the molecule is Cl.Cl.Cn1cc(C2CCN(C(=O)C[C@@H]3CCC[C@H]3N)C2)cn1. The van der Waals surface area contributed by atoms with Gasteiger partial charge in [-0.3, -0.25) is 9.48 Å². The van der Waals surface area contributed by atoms with Gasteiger partial charge in [-0.05, 0) is 30.7 Å². The molecule has 5 nitrogen and oxygen atoms in total. The molecular weight excluding hydrogens is 323 g/mol. The van der Waals surface area contributed by atoms with Crippen molar-refractivity contribution in [1.29, 1.82) is 0 Å². The van der Waals surface area contributed by atoms with E-state index in [4.69, 9.17) is 5.73 Å². The molecule has 1 aliphatic heterocycles. The average molecular weight is 349 g/mol. The first-order chi connectivity index (χ1) is 9.63. The largest absolute Gasteiger partial charge is 0.342 e. The molecule has 3 rings (SSSR count). The fourth-order valence-electron chi connectivity index (χ4n) is 3.58. The predicted octanol–water partition coefficient (Wildman–Crippen LogP) is 2.10. The molecule has 0 radical (unpaired) electrons. The van der Waals surface area contributed by atoms with E-state index < -0.39 is 0 Å². The molecule has 1 saturated heterocycles. The van der Waals surface area contributed by atoms with Gasteiger partial charge in [0.05, 0.1) is 6.20 Å². The summed E-state index contributed by atoms with van der Waals surface area (Å²) in [6, 6.07) is 0.232. The second kappa shape index (κ2) is 8.18. The topological polar surface area (TPSA) is 64.2 Å². The van der Waals surface area contributed by atoms with Gasteiger partial charge in [0, 0.05) is 44.7 Å². The third kappa shape index (κ3) is 4.15. The van der Waals surface area contributed by atoms with Crippen molar-refractivity contribution in [3.63, 3.8) is 0 Å². The molecule has 7 heteroatoms. The van der Waals surface area contributed by atoms with Crippen LogP contribution in [-0.4, -0.2) is 39.7 Å². The van der Waals surface area contributed by atoms with Crippen molar-refractivity contribution < 1.29 is 4.79 Å². The lowest BCUT2D eigenvalue weighted by molar-refractivity contribution is -0.131. The number of amides is 1. The van der Waals surface area contributed by atoms with E-state index in [2.05, 4.69) is 11.3 Å². The summed E-state index contributed by atoms with van der Waals surface area (Å²) in [6.45, 7) is 1.72. The Bertz CT molecular complexity index is 494. The molecule has 0 spiro atoms. The highest BCUT2D eigenvalue weighted by Gasteiger charge is 2.32. The van der Waals surface area contributed by atoms with Crippen LogP contribution in [0.2, 0.25) is 0 Å². The van der Waals surface area contributed by atoms with E-state index >= 15 is 0 Å². The summed E-state index contributed by atoms with van der Waals surface area (Å²) in [7, 11) is 1.93. The number of hydrogen-bond acceptors (Lipinski definition) is 3. The minimum absolute atomic E-state index is 0. The molecular formula is C15H26Cl2N4O. The minimum atomic E-state index is 0. The van der Waals surface area contributed by atoms with Crippen LogP contribution in [-0.2, 0) is 11.8 Å². The van der Waals surface area contributed by atoms with Crippen molar-refractivity contribution in [2.24, 2.45) is 18.7 Å². The summed E-state index contributed by atoms with van der Waals surface area (Å²) in [4.78, 5) is 14.4. The van der Waals surface area contributed by atoms with E-state index in [9.17, 15) is 4.79 Å². The number of aryl methyl sites for hydroxylation is 1. The molecule has 0 bridgehead atoms. The molecule has 126 valence electrons. The Morgan fingerprint density at radius 3 is 2.73 bits per heavy atom. The number of hydrogen-bond donors (Lipinski definition) is 1. The molecule has 0 aromatic carbocycles. The van der Waals surface area contributed by atoms with Crippen LogP contribution in [0.3, 0.4) is 0 Å². The molecule has 1 aliphatic carbocycles. The summed E-state index contributed by atoms with van der Waals surface area (Å²) in [5, 5.41) is 4.22. The highest BCUT2D eigenvalue weighted by atomic mass is 35.5. The van der Waals surface area contributed by atoms with Gasteiger partial charge in [0.2, 0.25) is 5.91 Å². The van der Waals surface area contributed by atoms with Gasteiger partial charge >= 0.3 is 0 Å². The molecule has 1 aromatic heterocycles. The zero-order valence-corrected chi connectivity index (χ0v) is 14.6. The first kappa shape index (κ1) is 19.3. The van der Waals surface area contributed by atoms with Crippen LogP contribution in [0, 0.1) is 5.92 Å². The maximum Gasteiger partial charge on any atom is 0.222 e. The lowest BCUT2D eigenvalue weighted by Gasteiger charge is -2.20. The monoisotopic (exact) mass is 348 g/mol. The van der Waals surface area contributed by atoms with Gasteiger partial charge in [-0.2, -0.15) is 5.10 Å². The van der Waals surface area contributed by atoms with Crippen molar-refractivity contribution in [2.45, 2.75) is 44.1 Å². The number of rotatable bonds is 3. The summed E-state index contributed by atoms with van der Waals surface area (Å²) in [5.41, 5.74) is 7.32. The molecule has 2 heterocycles. The van der Waals surface area contributed by atoms with Crippen LogP contribution in [0.15, 0.2) is 12.4 Å². The molecule has 3 atom stereocenters. The van der Waals surface area contributed by atoms with Gasteiger partial charge < -0.3 is 10.6 Å². The Morgan fingerprint density at radius 1 is 1.36 bits per heavy atom. The van der Waals surface area contributed by atoms with Crippen LogP contribution in [0.4, 0.5) is 0 Å². The molecule has 22 heavy (non-hydrogen) atoms. The number of carbonyl (C=O) groups is 1. The number of carbonyl (C=O) groups excluding carboxylic acids is 1. The smallest absolute Gasteiger partial charge is 0.222 e. The Labute approximate surface area is 144 Å². The Balaban J connectivity index is 0.00000121. The Kier molecular flexibility index (Phi) is 7.16. The predicted molar refractivity (Wildman–Crippen MR) is 91.6 cm³/mol. The van der Waals surface area contributed by atoms with E-state index in [1.165, 1.54) is 12.0 Å². The van der Waals surface area contributed by atoms with E-state index in [0.717, 1.165) is 32.4 Å². The van der Waals surface area contributed by atoms with Crippen LogP contribution in [0.1, 0.15) is 43.6 Å². The lowest BCUT2D eigenvalue weighted by atomic mass is 9.99. The summed E-state index contributed by atoms with van der Waals surface area (Å²) in [5.74, 6) is 1.14. The minimum Gasteiger partial charge on any atom is -0.342 e. The molecule has 1 aromatic rings. The molecule has 1 unspecified atom stereocenters. The molecule has 2 aliphatic rings. The zero-order valence-electron chi connectivity index (χ0n) is 13.0. The zero-order chi connectivity index (χ0) is 14.1. The summed E-state index contributed by atoms with van der Waals surface area (Å²) < 4.78 is 1.83. The van der Waals surface area contributed by atoms with E-state index in [1.807, 2.05) is 22.8 Å². The molecule has 1 saturated carbocycles. The molecule has 2 fully saturated rings. The highest BCUT2D eigenvalue weighted by molar-refractivity contribution is 5.85. The van der Waals surface area contributed by atoms with Crippen molar-refractivity contribution in [3.8, 4) is 0 Å². The summed E-state index contributed by atoms with van der Waals surface area (Å²) in [6.07, 6.45) is 9.05. The second-order valence-corrected chi connectivity index (χ2v) is 6.33. The lowest BCUT2D eigenvalue weighted by Crippen LogP contribution is -2.33. The van der Waals surface area contributed by atoms with E-state index in [0.29, 0.717) is 24.2 Å². The number of likely N-dealkylation sites (tertiary alicyclic amines) is 1. The maximum absolute atomic E-state index is 12.4. The number of aromatic nitrogens is 2. The number of nitrogens with two attached hydrogens (primary N) is 1. The number of nitrogens with zero attached hydrogens (tertiary/aromatic N) is 3. The van der Waals surface area contributed by atoms with Crippen LogP contribution < -0.4 is 5.73 Å². The third-order valence-corrected chi connectivity index (χ3v) is 4.89. The van der Waals surface area contributed by atoms with Gasteiger partial charge in [0.1, 0.15) is 0 Å². The normalized spacial score (nSPS) is 27.4. The van der Waals surface area contributed by atoms with Crippen molar-refractivity contribution in [2.75, 3.05) is 13.1 Å². The average Bonchev–Trinajstić information content (AvgIpc) is 3.11. The third-order valence-electron chi connectivity index (χ3n) is 4.89. The van der Waals surface area contributed by atoms with E-state index in [-0.39, 0.29) is 30.9 Å². The van der Waals surface area contributed by atoms with Gasteiger partial charge in [-0.15, -0.1) is 24.8 Å².